The number of esters is 1. The zero-order chi connectivity index (χ0) is 22.1. The van der Waals surface area contributed by atoms with E-state index in [-0.39, 0.29) is 18.1 Å². The van der Waals surface area contributed by atoms with Crippen LogP contribution in [0.5, 0.6) is 0 Å². The Morgan fingerprint density at radius 3 is 2.71 bits per heavy atom. The predicted octanol–water partition coefficient (Wildman–Crippen LogP) is 3.97. The summed E-state index contributed by atoms with van der Waals surface area (Å²) in [5.41, 5.74) is 2.63. The smallest absolute Gasteiger partial charge is 0.305 e. The first-order valence-corrected chi connectivity index (χ1v) is 12.5. The van der Waals surface area contributed by atoms with E-state index < -0.39 is 0 Å². The third kappa shape index (κ3) is 7.35. The highest BCUT2D eigenvalue weighted by atomic mass is 32.2. The number of morpholine rings is 1. The third-order valence-electron chi connectivity index (χ3n) is 6.39. The lowest BCUT2D eigenvalue weighted by Crippen LogP contribution is -2.50. The molecule has 0 bridgehead atoms. The maximum absolute atomic E-state index is 11.3. The molecule has 0 amide bonds. The lowest BCUT2D eigenvalue weighted by atomic mass is 9.96. The molecular formula is C25H37NO4S. The van der Waals surface area contributed by atoms with E-state index in [2.05, 4.69) is 48.2 Å². The Bertz CT molecular complexity index is 702. The number of ether oxygens (including phenoxy) is 2. The minimum absolute atomic E-state index is 0.146. The van der Waals surface area contributed by atoms with Crippen molar-refractivity contribution in [3.8, 4) is 0 Å². The number of carbonyl (C=O) groups excluding carboxylic acids is 1. The highest BCUT2D eigenvalue weighted by Crippen LogP contribution is 2.41. The summed E-state index contributed by atoms with van der Waals surface area (Å²) in [5, 5.41) is 11.4. The number of hydrogen-bond donors (Lipinski definition) is 1. The number of aliphatic hydroxyl groups is 1. The van der Waals surface area contributed by atoms with Crippen LogP contribution < -0.4 is 0 Å². The number of rotatable bonds is 10. The second-order valence-electron chi connectivity index (χ2n) is 8.62. The summed E-state index contributed by atoms with van der Waals surface area (Å²) in [6.07, 6.45) is 8.13. The highest BCUT2D eigenvalue weighted by molar-refractivity contribution is 7.99. The van der Waals surface area contributed by atoms with Crippen molar-refractivity contribution in [2.75, 3.05) is 33.4 Å². The van der Waals surface area contributed by atoms with Gasteiger partial charge in [-0.15, -0.1) is 0 Å². The summed E-state index contributed by atoms with van der Waals surface area (Å²) in [7, 11) is 1.43. The molecule has 1 aliphatic carbocycles. The quantitative estimate of drug-likeness (QED) is 0.333. The van der Waals surface area contributed by atoms with Crippen LogP contribution in [0.2, 0.25) is 0 Å². The van der Waals surface area contributed by atoms with Gasteiger partial charge in [-0.2, -0.15) is 11.8 Å². The molecule has 0 aromatic heterocycles. The standard InChI is InChI=1S/C25H37NO4S/c1-19-9-11-20(12-10-19)18-31-23-17-22(27)25(26-13-15-30-16-14-26)21(23)7-5-3-4-6-8-24(28)29-2/h3,5,9-12,21-23,25,27H,4,6-8,13-18H2,1-2H3/t21-,22+,23-,25+/m0/s1. The summed E-state index contributed by atoms with van der Waals surface area (Å²) >= 11 is 1.98. The largest absolute Gasteiger partial charge is 0.469 e. The number of carbonyl (C=O) groups is 1. The van der Waals surface area contributed by atoms with Gasteiger partial charge in [-0.05, 0) is 44.1 Å². The maximum Gasteiger partial charge on any atom is 0.305 e. The average molecular weight is 448 g/mol. The van der Waals surface area contributed by atoms with Gasteiger partial charge in [-0.1, -0.05) is 42.0 Å². The monoisotopic (exact) mass is 447 g/mol. The molecule has 4 atom stereocenters. The number of benzene rings is 1. The Kier molecular flexibility index (Phi) is 9.91. The van der Waals surface area contributed by atoms with Gasteiger partial charge in [-0.25, -0.2) is 0 Å². The normalized spacial score (nSPS) is 27.1. The lowest BCUT2D eigenvalue weighted by Gasteiger charge is -2.37. The van der Waals surface area contributed by atoms with Crippen molar-refractivity contribution in [1.29, 1.82) is 0 Å². The highest BCUT2D eigenvalue weighted by Gasteiger charge is 2.45. The van der Waals surface area contributed by atoms with Gasteiger partial charge in [0.15, 0.2) is 0 Å². The van der Waals surface area contributed by atoms with E-state index in [1.165, 1.54) is 18.2 Å². The van der Waals surface area contributed by atoms with Crippen molar-refractivity contribution in [3.63, 3.8) is 0 Å². The van der Waals surface area contributed by atoms with Crippen LogP contribution in [0.3, 0.4) is 0 Å². The number of hydrogen-bond acceptors (Lipinski definition) is 6. The van der Waals surface area contributed by atoms with Crippen molar-refractivity contribution >= 4 is 17.7 Å². The summed E-state index contributed by atoms with van der Waals surface area (Å²) in [5.74, 6) is 1.25. The van der Waals surface area contributed by atoms with Crippen LogP contribution in [0.25, 0.3) is 0 Å². The van der Waals surface area contributed by atoms with Crippen LogP contribution in [-0.2, 0) is 20.0 Å². The van der Waals surface area contributed by atoms with Gasteiger partial charge in [-0.3, -0.25) is 9.69 Å². The third-order valence-corrected chi connectivity index (χ3v) is 7.86. The van der Waals surface area contributed by atoms with Gasteiger partial charge in [0.1, 0.15) is 0 Å². The number of methoxy groups -OCH3 is 1. The lowest BCUT2D eigenvalue weighted by molar-refractivity contribution is -0.140. The summed E-state index contributed by atoms with van der Waals surface area (Å²) in [6.45, 7) is 5.42. The number of thioether (sulfide) groups is 1. The van der Waals surface area contributed by atoms with E-state index in [1.54, 1.807) is 0 Å². The fraction of sp³-hybridized carbons (Fsp3) is 0.640. The molecule has 5 nitrogen and oxygen atoms in total. The number of allylic oxidation sites excluding steroid dienone is 2. The van der Waals surface area contributed by atoms with Crippen molar-refractivity contribution in [3.05, 3.63) is 47.5 Å². The van der Waals surface area contributed by atoms with Crippen molar-refractivity contribution in [2.24, 2.45) is 5.92 Å². The van der Waals surface area contributed by atoms with E-state index in [0.29, 0.717) is 17.6 Å². The molecule has 1 saturated heterocycles. The predicted molar refractivity (Wildman–Crippen MR) is 126 cm³/mol. The molecule has 1 heterocycles. The molecule has 2 fully saturated rings. The molecule has 1 saturated carbocycles. The molecule has 0 unspecified atom stereocenters. The van der Waals surface area contributed by atoms with Crippen molar-refractivity contribution in [2.45, 2.75) is 62.2 Å². The summed E-state index contributed by atoms with van der Waals surface area (Å²) in [4.78, 5) is 13.7. The van der Waals surface area contributed by atoms with E-state index >= 15 is 0 Å². The molecule has 1 N–H and O–H groups in total. The number of aryl methyl sites for hydroxylation is 1. The molecule has 6 heteroatoms. The molecular weight excluding hydrogens is 410 g/mol. The Morgan fingerprint density at radius 1 is 1.26 bits per heavy atom. The molecule has 1 aromatic rings. The van der Waals surface area contributed by atoms with Gasteiger partial charge < -0.3 is 14.6 Å². The zero-order valence-corrected chi connectivity index (χ0v) is 19.7. The molecule has 172 valence electrons. The second-order valence-corrected chi connectivity index (χ2v) is 9.84. The van der Waals surface area contributed by atoms with Gasteiger partial charge in [0.25, 0.3) is 0 Å². The first-order chi connectivity index (χ1) is 15.1. The number of unbranched alkanes of at least 4 members (excludes halogenated alkanes) is 1. The summed E-state index contributed by atoms with van der Waals surface area (Å²) < 4.78 is 10.3. The van der Waals surface area contributed by atoms with Gasteiger partial charge in [0, 0.05) is 36.6 Å². The van der Waals surface area contributed by atoms with Gasteiger partial charge in [0.2, 0.25) is 0 Å². The fourth-order valence-corrected chi connectivity index (χ4v) is 6.11. The first kappa shape index (κ1) is 24.3. The number of aliphatic hydroxyl groups excluding tert-OH is 1. The van der Waals surface area contributed by atoms with Crippen LogP contribution in [-0.4, -0.2) is 66.8 Å². The Hall–Kier alpha value is -1.34. The van der Waals surface area contributed by atoms with E-state index in [4.69, 9.17) is 9.47 Å². The average Bonchev–Trinajstić information content (AvgIpc) is 3.11. The van der Waals surface area contributed by atoms with Crippen LogP contribution in [0.15, 0.2) is 36.4 Å². The zero-order valence-electron chi connectivity index (χ0n) is 18.9. The molecule has 1 aliphatic heterocycles. The van der Waals surface area contributed by atoms with Crippen LogP contribution in [0.1, 0.15) is 43.2 Å². The van der Waals surface area contributed by atoms with Crippen molar-refractivity contribution < 1.29 is 19.4 Å². The molecule has 1 aromatic carbocycles. The topological polar surface area (TPSA) is 59.0 Å². The van der Waals surface area contributed by atoms with E-state index in [9.17, 15) is 9.90 Å². The molecule has 31 heavy (non-hydrogen) atoms. The van der Waals surface area contributed by atoms with Crippen LogP contribution in [0.4, 0.5) is 0 Å². The van der Waals surface area contributed by atoms with E-state index in [0.717, 1.165) is 57.7 Å². The molecule has 0 radical (unpaired) electrons. The minimum Gasteiger partial charge on any atom is -0.469 e. The fourth-order valence-electron chi connectivity index (χ4n) is 4.66. The van der Waals surface area contributed by atoms with Gasteiger partial charge in [0.05, 0.1) is 26.4 Å². The second kappa shape index (κ2) is 12.6. The minimum atomic E-state index is -0.286. The Morgan fingerprint density at radius 2 is 2.00 bits per heavy atom. The maximum atomic E-state index is 11.3. The van der Waals surface area contributed by atoms with Crippen LogP contribution >= 0.6 is 11.8 Å². The summed E-state index contributed by atoms with van der Waals surface area (Å²) in [6, 6.07) is 8.96. The first-order valence-electron chi connectivity index (χ1n) is 11.5. The van der Waals surface area contributed by atoms with Crippen molar-refractivity contribution in [1.82, 2.24) is 4.90 Å². The Balaban J connectivity index is 1.60. The Labute approximate surface area is 191 Å². The van der Waals surface area contributed by atoms with Crippen LogP contribution in [0, 0.1) is 12.8 Å². The van der Waals surface area contributed by atoms with Gasteiger partial charge >= 0.3 is 5.97 Å². The molecule has 0 spiro atoms. The molecule has 3 rings (SSSR count). The SMILES string of the molecule is COC(=O)CCCC=CC[C@@H]1[C@@H](N2CCOCC2)[C@H](O)C[C@@H]1SCc1ccc(C)cc1. The number of nitrogens with zero attached hydrogens (tertiary/aromatic N) is 1. The van der Waals surface area contributed by atoms with E-state index in [1.807, 2.05) is 11.8 Å². The molecule has 2 aliphatic rings.